The van der Waals surface area contributed by atoms with Crippen LogP contribution in [0.1, 0.15) is 16.8 Å². The highest BCUT2D eigenvalue weighted by Crippen LogP contribution is 2.22. The Morgan fingerprint density at radius 3 is 3.00 bits per heavy atom. The smallest absolute Gasteiger partial charge is 0.227 e. The van der Waals surface area contributed by atoms with Crippen molar-refractivity contribution in [2.75, 3.05) is 6.54 Å². The van der Waals surface area contributed by atoms with Gasteiger partial charge in [-0.3, -0.25) is 9.78 Å². The van der Waals surface area contributed by atoms with Gasteiger partial charge in [-0.15, -0.1) is 0 Å². The van der Waals surface area contributed by atoms with Gasteiger partial charge in [-0.25, -0.2) is 9.97 Å². The van der Waals surface area contributed by atoms with Crippen LogP contribution in [0.3, 0.4) is 0 Å². The summed E-state index contributed by atoms with van der Waals surface area (Å²) in [5.41, 5.74) is 3.91. The molecule has 1 aliphatic rings. The summed E-state index contributed by atoms with van der Waals surface area (Å²) in [5.74, 6) is 0.134. The molecule has 1 amide bonds. The van der Waals surface area contributed by atoms with Crippen LogP contribution in [0.5, 0.6) is 0 Å². The van der Waals surface area contributed by atoms with Gasteiger partial charge < -0.3 is 4.90 Å². The third-order valence-corrected chi connectivity index (χ3v) is 4.17. The van der Waals surface area contributed by atoms with E-state index in [0.717, 1.165) is 34.3 Å². The van der Waals surface area contributed by atoms with Gasteiger partial charge in [0.25, 0.3) is 0 Å². The lowest BCUT2D eigenvalue weighted by molar-refractivity contribution is -0.131. The number of carbonyl (C=O) groups is 1. The maximum atomic E-state index is 12.5. The van der Waals surface area contributed by atoms with E-state index < -0.39 is 0 Å². The van der Waals surface area contributed by atoms with Crippen molar-refractivity contribution in [2.24, 2.45) is 0 Å². The summed E-state index contributed by atoms with van der Waals surface area (Å²) >= 11 is 0. The van der Waals surface area contributed by atoms with Gasteiger partial charge >= 0.3 is 0 Å². The van der Waals surface area contributed by atoms with Crippen LogP contribution in [0.15, 0.2) is 48.9 Å². The highest BCUT2D eigenvalue weighted by Gasteiger charge is 2.22. The Kier molecular flexibility index (Phi) is 3.46. The molecule has 0 saturated carbocycles. The maximum absolute atomic E-state index is 12.5. The van der Waals surface area contributed by atoms with Gasteiger partial charge in [-0.2, -0.15) is 0 Å². The summed E-state index contributed by atoms with van der Waals surface area (Å²) in [6, 6.07) is 9.81. The molecule has 5 heteroatoms. The maximum Gasteiger partial charge on any atom is 0.227 e. The summed E-state index contributed by atoms with van der Waals surface area (Å²) in [6.45, 7) is 1.32. The zero-order valence-corrected chi connectivity index (χ0v) is 12.6. The molecule has 0 spiro atoms. The standard InChI is InChI=1S/C18H16N4O/c23-17(9-13-3-1-6-19-11-13)22-8-5-16-15(12-22)10-14-4-2-7-20-18(14)21-16/h1-4,6-7,10-11H,5,8-9,12H2. The van der Waals surface area contributed by atoms with Crippen molar-refractivity contribution in [3.05, 3.63) is 65.7 Å². The van der Waals surface area contributed by atoms with Gasteiger partial charge in [0.05, 0.1) is 6.42 Å². The molecule has 3 aromatic rings. The second-order valence-corrected chi connectivity index (χ2v) is 5.75. The van der Waals surface area contributed by atoms with Crippen molar-refractivity contribution >= 4 is 16.9 Å². The highest BCUT2D eigenvalue weighted by atomic mass is 16.2. The van der Waals surface area contributed by atoms with Gasteiger partial charge in [-0.05, 0) is 35.4 Å². The van der Waals surface area contributed by atoms with Gasteiger partial charge in [0.1, 0.15) is 0 Å². The van der Waals surface area contributed by atoms with Crippen molar-refractivity contribution in [3.8, 4) is 0 Å². The van der Waals surface area contributed by atoms with Crippen molar-refractivity contribution in [1.82, 2.24) is 19.9 Å². The Balaban J connectivity index is 1.56. The molecular formula is C18H16N4O. The first-order chi connectivity index (χ1) is 11.3. The lowest BCUT2D eigenvalue weighted by atomic mass is 10.0. The van der Waals surface area contributed by atoms with E-state index in [1.54, 1.807) is 18.6 Å². The Bertz CT molecular complexity index is 863. The average Bonchev–Trinajstić information content (AvgIpc) is 2.60. The van der Waals surface area contributed by atoms with Crippen molar-refractivity contribution < 1.29 is 4.79 Å². The van der Waals surface area contributed by atoms with Crippen LogP contribution in [0.2, 0.25) is 0 Å². The van der Waals surface area contributed by atoms with E-state index in [4.69, 9.17) is 0 Å². The fourth-order valence-corrected chi connectivity index (χ4v) is 2.97. The van der Waals surface area contributed by atoms with Gasteiger partial charge in [0.2, 0.25) is 5.91 Å². The second kappa shape index (κ2) is 5.76. The first-order valence-corrected chi connectivity index (χ1v) is 7.70. The largest absolute Gasteiger partial charge is 0.338 e. The fraction of sp³-hybridized carbons (Fsp3) is 0.222. The number of hydrogen-bond donors (Lipinski definition) is 0. The molecule has 23 heavy (non-hydrogen) atoms. The molecule has 0 saturated heterocycles. The van der Waals surface area contributed by atoms with E-state index >= 15 is 0 Å². The zero-order valence-electron chi connectivity index (χ0n) is 12.6. The van der Waals surface area contributed by atoms with Crippen LogP contribution in [0, 0.1) is 0 Å². The number of hydrogen-bond acceptors (Lipinski definition) is 4. The van der Waals surface area contributed by atoms with Gasteiger partial charge in [0.15, 0.2) is 5.65 Å². The van der Waals surface area contributed by atoms with E-state index in [9.17, 15) is 4.79 Å². The number of fused-ring (bicyclic) bond motifs is 2. The predicted octanol–water partition coefficient (Wildman–Crippen LogP) is 2.15. The summed E-state index contributed by atoms with van der Waals surface area (Å²) in [6.07, 6.45) is 6.40. The number of carbonyl (C=O) groups excluding carboxylic acids is 1. The van der Waals surface area contributed by atoms with Gasteiger partial charge in [-0.1, -0.05) is 6.07 Å². The molecule has 4 rings (SSSR count). The molecule has 0 bridgehead atoms. The molecular weight excluding hydrogens is 288 g/mol. The van der Waals surface area contributed by atoms with Crippen molar-refractivity contribution in [3.63, 3.8) is 0 Å². The summed E-state index contributed by atoms with van der Waals surface area (Å²) in [5, 5.41) is 1.02. The number of aromatic nitrogens is 3. The minimum atomic E-state index is 0.134. The number of amides is 1. The first-order valence-electron chi connectivity index (χ1n) is 7.70. The molecule has 5 nitrogen and oxygen atoms in total. The third-order valence-electron chi connectivity index (χ3n) is 4.17. The Morgan fingerprint density at radius 1 is 1.22 bits per heavy atom. The Hall–Kier alpha value is -2.82. The van der Waals surface area contributed by atoms with E-state index in [1.165, 1.54) is 0 Å². The number of rotatable bonds is 2. The molecule has 114 valence electrons. The zero-order chi connectivity index (χ0) is 15.6. The monoisotopic (exact) mass is 304 g/mol. The molecule has 0 aliphatic carbocycles. The summed E-state index contributed by atoms with van der Waals surface area (Å²) in [7, 11) is 0. The molecule has 0 radical (unpaired) electrons. The molecule has 0 unspecified atom stereocenters. The average molecular weight is 304 g/mol. The van der Waals surface area contributed by atoms with Gasteiger partial charge in [0, 0.05) is 49.2 Å². The predicted molar refractivity (Wildman–Crippen MR) is 86.6 cm³/mol. The number of nitrogens with zero attached hydrogens (tertiary/aromatic N) is 4. The fourth-order valence-electron chi connectivity index (χ4n) is 2.97. The molecule has 0 atom stereocenters. The molecule has 0 N–H and O–H groups in total. The molecule has 0 fully saturated rings. The second-order valence-electron chi connectivity index (χ2n) is 5.75. The van der Waals surface area contributed by atoms with Crippen molar-refractivity contribution in [1.29, 1.82) is 0 Å². The van der Waals surface area contributed by atoms with E-state index in [2.05, 4.69) is 21.0 Å². The molecule has 3 aromatic heterocycles. The van der Waals surface area contributed by atoms with Crippen LogP contribution in [0.25, 0.3) is 11.0 Å². The summed E-state index contributed by atoms with van der Waals surface area (Å²) in [4.78, 5) is 27.4. The Morgan fingerprint density at radius 2 is 2.13 bits per heavy atom. The van der Waals surface area contributed by atoms with E-state index in [-0.39, 0.29) is 5.91 Å². The number of pyridine rings is 3. The normalized spacial score (nSPS) is 13.8. The van der Waals surface area contributed by atoms with E-state index in [0.29, 0.717) is 19.5 Å². The van der Waals surface area contributed by atoms with Crippen LogP contribution >= 0.6 is 0 Å². The molecule has 1 aliphatic heterocycles. The molecule has 4 heterocycles. The third kappa shape index (κ3) is 2.77. The minimum absolute atomic E-state index is 0.134. The van der Waals surface area contributed by atoms with Crippen LogP contribution < -0.4 is 0 Å². The lowest BCUT2D eigenvalue weighted by Crippen LogP contribution is -2.37. The van der Waals surface area contributed by atoms with Crippen LogP contribution in [0.4, 0.5) is 0 Å². The lowest BCUT2D eigenvalue weighted by Gasteiger charge is -2.28. The quantitative estimate of drug-likeness (QED) is 0.728. The molecule has 0 aromatic carbocycles. The minimum Gasteiger partial charge on any atom is -0.338 e. The van der Waals surface area contributed by atoms with Crippen LogP contribution in [-0.4, -0.2) is 32.3 Å². The summed E-state index contributed by atoms with van der Waals surface area (Å²) < 4.78 is 0. The topological polar surface area (TPSA) is 59.0 Å². The highest BCUT2D eigenvalue weighted by molar-refractivity contribution is 5.80. The Labute approximate surface area is 134 Å². The van der Waals surface area contributed by atoms with E-state index in [1.807, 2.05) is 29.2 Å². The first kappa shape index (κ1) is 13.8. The van der Waals surface area contributed by atoms with Crippen LogP contribution in [-0.2, 0) is 24.2 Å². The SMILES string of the molecule is O=C(Cc1cccnc1)N1CCc2nc3ncccc3cc2C1. The van der Waals surface area contributed by atoms with Crippen molar-refractivity contribution in [2.45, 2.75) is 19.4 Å².